The van der Waals surface area contributed by atoms with Gasteiger partial charge in [0.25, 0.3) is 0 Å². The molecule has 3 saturated heterocycles. The van der Waals surface area contributed by atoms with Gasteiger partial charge in [-0.1, -0.05) is 19.4 Å². The second-order valence-electron chi connectivity index (χ2n) is 8.90. The first kappa shape index (κ1) is 20.3. The Morgan fingerprint density at radius 2 is 1.96 bits per heavy atom. The van der Waals surface area contributed by atoms with Gasteiger partial charge in [-0.15, -0.1) is 0 Å². The molecule has 5 heteroatoms. The Morgan fingerprint density at radius 1 is 1.07 bits per heavy atom. The molecule has 0 aromatic carbocycles. The maximum Gasteiger partial charge on any atom is 0.114 e. The Kier molecular flexibility index (Phi) is 7.35. The summed E-state index contributed by atoms with van der Waals surface area (Å²) in [6, 6.07) is 6.96. The Morgan fingerprint density at radius 3 is 2.75 bits per heavy atom. The lowest BCUT2D eigenvalue weighted by atomic mass is 9.88. The monoisotopic (exact) mass is 386 g/mol. The molecule has 3 aliphatic rings. The molecule has 5 nitrogen and oxygen atoms in total. The zero-order valence-corrected chi connectivity index (χ0v) is 17.6. The van der Waals surface area contributed by atoms with Gasteiger partial charge in [-0.2, -0.15) is 0 Å². The van der Waals surface area contributed by atoms with Crippen LogP contribution in [0.2, 0.25) is 0 Å². The third-order valence-corrected chi connectivity index (χ3v) is 6.79. The highest BCUT2D eigenvalue weighted by molar-refractivity contribution is 5.04. The summed E-state index contributed by atoms with van der Waals surface area (Å²) in [6.07, 6.45) is 10.1. The van der Waals surface area contributed by atoms with Crippen molar-refractivity contribution in [3.8, 4) is 0 Å². The molecule has 156 valence electrons. The van der Waals surface area contributed by atoms with Crippen molar-refractivity contribution in [2.75, 3.05) is 45.9 Å². The number of piperidine rings is 2. The Bertz CT molecular complexity index is 577. The summed E-state index contributed by atoms with van der Waals surface area (Å²) >= 11 is 0. The van der Waals surface area contributed by atoms with Crippen molar-refractivity contribution in [1.29, 1.82) is 0 Å². The number of aromatic nitrogens is 1. The second kappa shape index (κ2) is 10.1. The first-order chi connectivity index (χ1) is 13.8. The molecule has 28 heavy (non-hydrogen) atoms. The molecule has 0 aliphatic carbocycles. The standard InChI is InChI=1S/C23H38N4O/c1-2-16-28-23(26-12-6-3-7-13-26)20-9-10-22-19-25(14-15-27(22)17-20)18-21-8-4-5-11-24-21/h4-5,8,11,20,22-23H,2-3,6-7,9-10,12-19H2,1H3. The topological polar surface area (TPSA) is 31.8 Å². The van der Waals surface area contributed by atoms with Gasteiger partial charge in [0.05, 0.1) is 5.69 Å². The average Bonchev–Trinajstić information content (AvgIpc) is 2.75. The fourth-order valence-electron chi connectivity index (χ4n) is 5.32. The molecule has 0 amide bonds. The highest BCUT2D eigenvalue weighted by Gasteiger charge is 2.38. The normalized spacial score (nSPS) is 28.8. The van der Waals surface area contributed by atoms with E-state index in [1.165, 1.54) is 70.5 Å². The molecular weight excluding hydrogens is 348 g/mol. The largest absolute Gasteiger partial charge is 0.363 e. The maximum absolute atomic E-state index is 6.43. The summed E-state index contributed by atoms with van der Waals surface area (Å²) in [4.78, 5) is 12.5. The first-order valence-electron chi connectivity index (χ1n) is 11.6. The summed E-state index contributed by atoms with van der Waals surface area (Å²) < 4.78 is 6.43. The molecular formula is C23H38N4O. The quantitative estimate of drug-likeness (QED) is 0.718. The van der Waals surface area contributed by atoms with E-state index in [9.17, 15) is 0 Å². The SMILES string of the molecule is CCCOC(C1CCC2CN(Cc3ccccn3)CCN2C1)N1CCCCC1. The van der Waals surface area contributed by atoms with Gasteiger partial charge in [-0.3, -0.25) is 19.7 Å². The molecule has 1 aromatic rings. The van der Waals surface area contributed by atoms with Gasteiger partial charge in [0.1, 0.15) is 6.23 Å². The Balaban J connectivity index is 1.32. The van der Waals surface area contributed by atoms with E-state index in [0.717, 1.165) is 26.1 Å². The summed E-state index contributed by atoms with van der Waals surface area (Å²) in [7, 11) is 0. The van der Waals surface area contributed by atoms with Crippen LogP contribution in [0.4, 0.5) is 0 Å². The van der Waals surface area contributed by atoms with Gasteiger partial charge >= 0.3 is 0 Å². The minimum absolute atomic E-state index is 0.341. The van der Waals surface area contributed by atoms with E-state index in [1.54, 1.807) is 0 Å². The number of nitrogens with zero attached hydrogens (tertiary/aromatic N) is 4. The average molecular weight is 387 g/mol. The van der Waals surface area contributed by atoms with E-state index in [-0.39, 0.29) is 0 Å². The third-order valence-electron chi connectivity index (χ3n) is 6.79. The zero-order valence-electron chi connectivity index (χ0n) is 17.6. The van der Waals surface area contributed by atoms with Crippen LogP contribution in [0.25, 0.3) is 0 Å². The predicted octanol–water partition coefficient (Wildman–Crippen LogP) is 3.22. The summed E-state index contributed by atoms with van der Waals surface area (Å²) in [5, 5.41) is 0. The molecule has 3 fully saturated rings. The van der Waals surface area contributed by atoms with Gasteiger partial charge in [0.2, 0.25) is 0 Å². The molecule has 0 N–H and O–H groups in total. The molecule has 3 atom stereocenters. The van der Waals surface area contributed by atoms with Crippen LogP contribution < -0.4 is 0 Å². The van der Waals surface area contributed by atoms with Crippen molar-refractivity contribution in [1.82, 2.24) is 19.7 Å². The van der Waals surface area contributed by atoms with E-state index in [1.807, 2.05) is 12.3 Å². The molecule has 3 aliphatic heterocycles. The fourth-order valence-corrected chi connectivity index (χ4v) is 5.32. The second-order valence-corrected chi connectivity index (χ2v) is 8.90. The minimum atomic E-state index is 0.341. The number of fused-ring (bicyclic) bond motifs is 1. The van der Waals surface area contributed by atoms with Crippen LogP contribution in [0.3, 0.4) is 0 Å². The van der Waals surface area contributed by atoms with Crippen molar-refractivity contribution in [3.05, 3.63) is 30.1 Å². The van der Waals surface area contributed by atoms with Crippen LogP contribution in [0.15, 0.2) is 24.4 Å². The lowest BCUT2D eigenvalue weighted by Gasteiger charge is -2.49. The van der Waals surface area contributed by atoms with E-state index in [4.69, 9.17) is 4.74 Å². The number of likely N-dealkylation sites (tertiary alicyclic amines) is 1. The van der Waals surface area contributed by atoms with Gasteiger partial charge in [-0.05, 0) is 44.2 Å². The number of pyridine rings is 1. The highest BCUT2D eigenvalue weighted by Crippen LogP contribution is 2.31. The number of ether oxygens (including phenoxy) is 1. The van der Waals surface area contributed by atoms with Crippen LogP contribution in [-0.4, -0.2) is 77.8 Å². The lowest BCUT2D eigenvalue weighted by molar-refractivity contribution is -0.123. The first-order valence-corrected chi connectivity index (χ1v) is 11.6. The van der Waals surface area contributed by atoms with Crippen LogP contribution in [0, 0.1) is 5.92 Å². The Labute approximate surface area is 171 Å². The zero-order chi connectivity index (χ0) is 19.2. The molecule has 4 rings (SSSR count). The van der Waals surface area contributed by atoms with Crippen molar-refractivity contribution >= 4 is 0 Å². The summed E-state index contributed by atoms with van der Waals surface area (Å²) in [5.74, 6) is 0.670. The van der Waals surface area contributed by atoms with Crippen molar-refractivity contribution < 1.29 is 4.74 Å². The van der Waals surface area contributed by atoms with Gasteiger partial charge in [0.15, 0.2) is 0 Å². The minimum Gasteiger partial charge on any atom is -0.363 e. The van der Waals surface area contributed by atoms with Crippen LogP contribution in [0.1, 0.15) is 51.1 Å². The predicted molar refractivity (Wildman–Crippen MR) is 113 cm³/mol. The van der Waals surface area contributed by atoms with Crippen LogP contribution >= 0.6 is 0 Å². The Hall–Kier alpha value is -1.01. The van der Waals surface area contributed by atoms with Gasteiger partial charge in [0, 0.05) is 70.6 Å². The molecule has 0 radical (unpaired) electrons. The number of rotatable bonds is 7. The third kappa shape index (κ3) is 5.12. The van der Waals surface area contributed by atoms with Crippen molar-refractivity contribution in [2.45, 2.75) is 64.3 Å². The molecule has 0 bridgehead atoms. The molecule has 1 aromatic heterocycles. The molecule has 0 spiro atoms. The van der Waals surface area contributed by atoms with Crippen LogP contribution in [-0.2, 0) is 11.3 Å². The highest BCUT2D eigenvalue weighted by atomic mass is 16.5. The lowest BCUT2D eigenvalue weighted by Crippen LogP contribution is -2.59. The fraction of sp³-hybridized carbons (Fsp3) is 0.783. The number of piperazine rings is 1. The van der Waals surface area contributed by atoms with E-state index >= 15 is 0 Å². The van der Waals surface area contributed by atoms with Gasteiger partial charge in [-0.25, -0.2) is 0 Å². The van der Waals surface area contributed by atoms with Gasteiger partial charge < -0.3 is 4.74 Å². The molecule has 0 saturated carbocycles. The van der Waals surface area contributed by atoms with E-state index in [2.05, 4.69) is 38.7 Å². The number of hydrogen-bond acceptors (Lipinski definition) is 5. The van der Waals surface area contributed by atoms with Crippen molar-refractivity contribution in [2.24, 2.45) is 5.92 Å². The van der Waals surface area contributed by atoms with E-state index in [0.29, 0.717) is 18.2 Å². The maximum atomic E-state index is 6.43. The molecule has 3 unspecified atom stereocenters. The summed E-state index contributed by atoms with van der Waals surface area (Å²) in [6.45, 7) is 11.3. The van der Waals surface area contributed by atoms with E-state index < -0.39 is 0 Å². The number of hydrogen-bond donors (Lipinski definition) is 0. The summed E-state index contributed by atoms with van der Waals surface area (Å²) in [5.41, 5.74) is 1.20. The molecule has 4 heterocycles. The van der Waals surface area contributed by atoms with Crippen LogP contribution in [0.5, 0.6) is 0 Å². The smallest absolute Gasteiger partial charge is 0.114 e. The van der Waals surface area contributed by atoms with Crippen molar-refractivity contribution in [3.63, 3.8) is 0 Å².